The zero-order valence-corrected chi connectivity index (χ0v) is 17.0. The number of carbonyl (C=O) groups excluding carboxylic acids is 1. The van der Waals surface area contributed by atoms with E-state index < -0.39 is 0 Å². The first kappa shape index (κ1) is 18.9. The second-order valence-corrected chi connectivity index (χ2v) is 8.60. The lowest BCUT2D eigenvalue weighted by Gasteiger charge is -2.34. The van der Waals surface area contributed by atoms with Gasteiger partial charge in [0.1, 0.15) is 0 Å². The molecule has 0 aromatic carbocycles. The van der Waals surface area contributed by atoms with E-state index in [2.05, 4.69) is 25.8 Å². The van der Waals surface area contributed by atoms with Gasteiger partial charge in [-0.1, -0.05) is 0 Å². The normalized spacial score (nSPS) is 19.6. The molecule has 7 nitrogen and oxygen atoms in total. The van der Waals surface area contributed by atoms with Crippen LogP contribution in [0.2, 0.25) is 5.28 Å². The Bertz CT molecular complexity index is 802. The van der Waals surface area contributed by atoms with Crippen molar-refractivity contribution in [1.29, 1.82) is 0 Å². The number of anilines is 1. The van der Waals surface area contributed by atoms with Crippen LogP contribution in [0.4, 0.5) is 5.82 Å². The molecule has 146 valence electrons. The summed E-state index contributed by atoms with van der Waals surface area (Å²) in [7, 11) is 1.87. The van der Waals surface area contributed by atoms with Crippen molar-refractivity contribution in [2.75, 3.05) is 51.3 Å². The number of hydrogen-bond donors (Lipinski definition) is 0. The number of fused-ring (bicyclic) bond motifs is 1. The molecule has 0 bridgehead atoms. The number of morpholine rings is 1. The first-order chi connectivity index (χ1) is 13.1. The van der Waals surface area contributed by atoms with Crippen molar-refractivity contribution in [3.8, 4) is 0 Å². The lowest BCUT2D eigenvalue weighted by Crippen LogP contribution is -2.42. The smallest absolute Gasteiger partial charge is 0.224 e. The molecule has 2 saturated heterocycles. The highest BCUT2D eigenvalue weighted by atomic mass is 35.5. The van der Waals surface area contributed by atoms with E-state index in [1.807, 2.05) is 7.05 Å². The van der Waals surface area contributed by atoms with Crippen LogP contribution in [0.5, 0.6) is 0 Å². The summed E-state index contributed by atoms with van der Waals surface area (Å²) in [6.07, 6.45) is 2.97. The van der Waals surface area contributed by atoms with Crippen molar-refractivity contribution in [1.82, 2.24) is 19.8 Å². The first-order valence-electron chi connectivity index (χ1n) is 9.32. The van der Waals surface area contributed by atoms with E-state index in [4.69, 9.17) is 16.3 Å². The molecular formula is C18H24ClN5O2S. The van der Waals surface area contributed by atoms with Crippen molar-refractivity contribution in [3.05, 3.63) is 16.2 Å². The Morgan fingerprint density at radius 3 is 2.74 bits per heavy atom. The molecule has 1 amide bonds. The minimum atomic E-state index is 0.297. The van der Waals surface area contributed by atoms with Gasteiger partial charge in [0.2, 0.25) is 11.7 Å². The second kappa shape index (κ2) is 8.26. The molecule has 2 aromatic heterocycles. The molecule has 4 rings (SSSR count). The number of aromatic nitrogens is 2. The summed E-state index contributed by atoms with van der Waals surface area (Å²) >= 11 is 7.94. The average Bonchev–Trinajstić information content (AvgIpc) is 3.10. The minimum absolute atomic E-state index is 0.297. The Balaban J connectivity index is 1.49. The van der Waals surface area contributed by atoms with E-state index in [9.17, 15) is 4.79 Å². The topological polar surface area (TPSA) is 61.8 Å². The van der Waals surface area contributed by atoms with Crippen LogP contribution in [-0.4, -0.2) is 78.7 Å². The third-order valence-electron chi connectivity index (χ3n) is 5.37. The number of likely N-dealkylation sites (tertiary alicyclic amines) is 1. The van der Waals surface area contributed by atoms with Crippen molar-refractivity contribution in [3.63, 3.8) is 0 Å². The fraction of sp³-hybridized carbons (Fsp3) is 0.611. The molecule has 0 atom stereocenters. The fourth-order valence-electron chi connectivity index (χ4n) is 3.80. The standard InChI is InChI=1S/C18H24ClN5O2S/c1-22(12-25)13-2-4-23(5-3-13)11-14-10-15-16(27-14)17(21-18(19)20-15)24-6-8-26-9-7-24/h10,12-13H,2-9,11H2,1H3. The zero-order valence-electron chi connectivity index (χ0n) is 15.4. The van der Waals surface area contributed by atoms with Gasteiger partial charge in [-0.2, -0.15) is 4.98 Å². The maximum absolute atomic E-state index is 10.9. The Kier molecular flexibility index (Phi) is 5.77. The van der Waals surface area contributed by atoms with Crippen LogP contribution >= 0.6 is 22.9 Å². The number of carbonyl (C=O) groups is 1. The van der Waals surface area contributed by atoms with Gasteiger partial charge < -0.3 is 14.5 Å². The third-order valence-corrected chi connectivity index (χ3v) is 6.64. The summed E-state index contributed by atoms with van der Waals surface area (Å²) in [6.45, 7) is 5.98. The number of ether oxygens (including phenoxy) is 1. The molecule has 2 fully saturated rings. The molecule has 27 heavy (non-hydrogen) atoms. The number of amides is 1. The third kappa shape index (κ3) is 4.18. The van der Waals surface area contributed by atoms with Gasteiger partial charge in [-0.3, -0.25) is 9.69 Å². The van der Waals surface area contributed by atoms with Crippen molar-refractivity contribution in [2.45, 2.75) is 25.4 Å². The maximum atomic E-state index is 10.9. The SMILES string of the molecule is CN(C=O)C1CCN(Cc2cc3nc(Cl)nc(N4CCOCC4)c3s2)CC1. The number of piperidine rings is 1. The summed E-state index contributed by atoms with van der Waals surface area (Å²) in [5.41, 5.74) is 0.923. The van der Waals surface area contributed by atoms with E-state index in [0.29, 0.717) is 24.5 Å². The molecule has 2 aliphatic rings. The van der Waals surface area contributed by atoms with Crippen molar-refractivity contribution < 1.29 is 9.53 Å². The predicted octanol–water partition coefficient (Wildman–Crippen LogP) is 2.23. The van der Waals surface area contributed by atoms with Gasteiger partial charge in [0.05, 0.1) is 23.4 Å². The van der Waals surface area contributed by atoms with E-state index in [-0.39, 0.29) is 0 Å². The maximum Gasteiger partial charge on any atom is 0.224 e. The summed E-state index contributed by atoms with van der Waals surface area (Å²) in [4.78, 5) is 27.6. The highest BCUT2D eigenvalue weighted by Gasteiger charge is 2.23. The quantitative estimate of drug-likeness (QED) is 0.557. The van der Waals surface area contributed by atoms with Gasteiger partial charge in [0.15, 0.2) is 5.82 Å². The number of rotatable bonds is 5. The lowest BCUT2D eigenvalue weighted by molar-refractivity contribution is -0.119. The molecule has 0 spiro atoms. The van der Waals surface area contributed by atoms with Crippen LogP contribution in [-0.2, 0) is 16.1 Å². The molecule has 0 radical (unpaired) electrons. The van der Waals surface area contributed by atoms with E-state index in [1.54, 1.807) is 16.2 Å². The molecule has 2 aromatic rings. The molecule has 4 heterocycles. The van der Waals surface area contributed by atoms with Gasteiger partial charge in [-0.15, -0.1) is 11.3 Å². The van der Waals surface area contributed by atoms with Crippen LogP contribution in [0.15, 0.2) is 6.07 Å². The van der Waals surface area contributed by atoms with Gasteiger partial charge in [-0.25, -0.2) is 4.98 Å². The van der Waals surface area contributed by atoms with E-state index >= 15 is 0 Å². The Morgan fingerprint density at radius 2 is 2.04 bits per heavy atom. The Morgan fingerprint density at radius 1 is 1.30 bits per heavy atom. The average molecular weight is 410 g/mol. The van der Waals surface area contributed by atoms with Crippen LogP contribution in [0, 0.1) is 0 Å². The number of nitrogens with zero attached hydrogens (tertiary/aromatic N) is 5. The summed E-state index contributed by atoms with van der Waals surface area (Å²) in [5.74, 6) is 0.927. The van der Waals surface area contributed by atoms with Crippen LogP contribution < -0.4 is 4.90 Å². The van der Waals surface area contributed by atoms with Crippen molar-refractivity contribution in [2.24, 2.45) is 0 Å². The number of halogens is 1. The molecule has 0 saturated carbocycles. The molecule has 2 aliphatic heterocycles. The van der Waals surface area contributed by atoms with Crippen LogP contribution in [0.25, 0.3) is 10.2 Å². The molecule has 0 unspecified atom stereocenters. The largest absolute Gasteiger partial charge is 0.378 e. The predicted molar refractivity (Wildman–Crippen MR) is 108 cm³/mol. The minimum Gasteiger partial charge on any atom is -0.378 e. The summed E-state index contributed by atoms with van der Waals surface area (Å²) in [6, 6.07) is 2.50. The fourth-order valence-corrected chi connectivity index (χ4v) is 5.12. The van der Waals surface area contributed by atoms with Gasteiger partial charge >= 0.3 is 0 Å². The van der Waals surface area contributed by atoms with E-state index in [1.165, 1.54) is 4.88 Å². The van der Waals surface area contributed by atoms with Crippen LogP contribution in [0.1, 0.15) is 17.7 Å². The summed E-state index contributed by atoms with van der Waals surface area (Å²) in [5, 5.41) is 0.297. The highest BCUT2D eigenvalue weighted by Crippen LogP contribution is 2.34. The number of hydrogen-bond acceptors (Lipinski definition) is 7. The first-order valence-corrected chi connectivity index (χ1v) is 10.5. The molecule has 0 aliphatic carbocycles. The Labute approximate surface area is 167 Å². The van der Waals surface area contributed by atoms with E-state index in [0.717, 1.165) is 68.0 Å². The Hall–Kier alpha value is -1.48. The second-order valence-electron chi connectivity index (χ2n) is 7.12. The number of thiophene rings is 1. The van der Waals surface area contributed by atoms with Gasteiger partial charge in [-0.05, 0) is 30.5 Å². The molecule has 9 heteroatoms. The van der Waals surface area contributed by atoms with Crippen molar-refractivity contribution >= 4 is 45.4 Å². The molecular weight excluding hydrogens is 386 g/mol. The van der Waals surface area contributed by atoms with Crippen LogP contribution in [0.3, 0.4) is 0 Å². The highest BCUT2D eigenvalue weighted by molar-refractivity contribution is 7.19. The monoisotopic (exact) mass is 409 g/mol. The zero-order chi connectivity index (χ0) is 18.8. The lowest BCUT2D eigenvalue weighted by atomic mass is 10.0. The van der Waals surface area contributed by atoms with Gasteiger partial charge in [0, 0.05) is 50.7 Å². The molecule has 0 N–H and O–H groups in total. The van der Waals surface area contributed by atoms with Gasteiger partial charge in [0.25, 0.3) is 0 Å². The summed E-state index contributed by atoms with van der Waals surface area (Å²) < 4.78 is 6.56.